The van der Waals surface area contributed by atoms with Crippen molar-refractivity contribution in [2.75, 3.05) is 11.9 Å². The molecule has 0 aliphatic carbocycles. The first kappa shape index (κ1) is 24.9. The van der Waals surface area contributed by atoms with Crippen LogP contribution in [0, 0.1) is 0 Å². The SMILES string of the molecule is CCCCCCCCCCCCCCCCCCCCNc1cccc(O)c1. The van der Waals surface area contributed by atoms with Gasteiger partial charge in [-0.25, -0.2) is 0 Å². The molecule has 0 aromatic heterocycles. The third-order valence-electron chi connectivity index (χ3n) is 5.71. The van der Waals surface area contributed by atoms with Gasteiger partial charge in [-0.3, -0.25) is 0 Å². The smallest absolute Gasteiger partial charge is 0.117 e. The highest BCUT2D eigenvalue weighted by molar-refractivity contribution is 5.47. The fourth-order valence-electron chi connectivity index (χ4n) is 3.88. The molecule has 1 rings (SSSR count). The Balaban J connectivity index is 1.71. The minimum Gasteiger partial charge on any atom is -0.508 e. The second kappa shape index (κ2) is 19.2. The molecule has 0 saturated heterocycles. The van der Waals surface area contributed by atoms with Crippen molar-refractivity contribution in [3.05, 3.63) is 24.3 Å². The fraction of sp³-hybridized carbons (Fsp3) is 0.769. The summed E-state index contributed by atoms with van der Waals surface area (Å²) in [5.41, 5.74) is 1.02. The van der Waals surface area contributed by atoms with Gasteiger partial charge in [0.1, 0.15) is 5.75 Å². The molecule has 2 heteroatoms. The summed E-state index contributed by atoms with van der Waals surface area (Å²) in [5, 5.41) is 12.8. The molecule has 28 heavy (non-hydrogen) atoms. The average molecular weight is 390 g/mol. The van der Waals surface area contributed by atoms with Gasteiger partial charge in [-0.1, -0.05) is 122 Å². The van der Waals surface area contributed by atoms with Crippen LogP contribution in [0.3, 0.4) is 0 Å². The van der Waals surface area contributed by atoms with Crippen LogP contribution in [0.1, 0.15) is 122 Å². The van der Waals surface area contributed by atoms with Gasteiger partial charge in [-0.05, 0) is 18.6 Å². The number of hydrogen-bond acceptors (Lipinski definition) is 2. The standard InChI is InChI=1S/C26H47NO/c1-2-3-4-5-6-7-8-9-10-11-12-13-14-15-16-17-18-19-23-27-25-21-20-22-26(28)24-25/h20-22,24,27-28H,2-19,23H2,1H3. The Morgan fingerprint density at radius 3 is 1.46 bits per heavy atom. The van der Waals surface area contributed by atoms with E-state index in [1.54, 1.807) is 12.1 Å². The molecule has 2 nitrogen and oxygen atoms in total. The van der Waals surface area contributed by atoms with E-state index in [9.17, 15) is 5.11 Å². The molecule has 162 valence electrons. The molecule has 0 unspecified atom stereocenters. The first-order valence-corrected chi connectivity index (χ1v) is 12.4. The van der Waals surface area contributed by atoms with E-state index in [0.717, 1.165) is 12.2 Å². The molecular formula is C26H47NO. The summed E-state index contributed by atoms with van der Waals surface area (Å²) in [7, 11) is 0. The van der Waals surface area contributed by atoms with E-state index >= 15 is 0 Å². The minimum absolute atomic E-state index is 0.336. The highest BCUT2D eigenvalue weighted by atomic mass is 16.3. The second-order valence-corrected chi connectivity index (χ2v) is 8.49. The van der Waals surface area contributed by atoms with Crippen LogP contribution in [-0.4, -0.2) is 11.7 Å². The Labute approximate surface area is 175 Å². The molecule has 0 spiro atoms. The zero-order valence-corrected chi connectivity index (χ0v) is 18.7. The molecule has 0 saturated carbocycles. The van der Waals surface area contributed by atoms with Gasteiger partial charge in [0.05, 0.1) is 0 Å². The normalized spacial score (nSPS) is 11.0. The van der Waals surface area contributed by atoms with E-state index in [0.29, 0.717) is 5.75 Å². The van der Waals surface area contributed by atoms with Gasteiger partial charge in [-0.15, -0.1) is 0 Å². The van der Waals surface area contributed by atoms with E-state index in [1.807, 2.05) is 12.1 Å². The van der Waals surface area contributed by atoms with Gasteiger partial charge in [0.15, 0.2) is 0 Å². The molecule has 0 fully saturated rings. The predicted molar refractivity (Wildman–Crippen MR) is 125 cm³/mol. The zero-order chi connectivity index (χ0) is 20.1. The highest BCUT2D eigenvalue weighted by Crippen LogP contribution is 2.16. The molecule has 1 aromatic carbocycles. The van der Waals surface area contributed by atoms with Crippen LogP contribution in [0.25, 0.3) is 0 Å². The van der Waals surface area contributed by atoms with Crippen molar-refractivity contribution >= 4 is 5.69 Å². The van der Waals surface area contributed by atoms with Crippen molar-refractivity contribution in [3.63, 3.8) is 0 Å². The number of unbranched alkanes of at least 4 members (excludes halogenated alkanes) is 17. The zero-order valence-electron chi connectivity index (χ0n) is 18.7. The van der Waals surface area contributed by atoms with E-state index in [1.165, 1.54) is 116 Å². The molecule has 0 bridgehead atoms. The molecule has 0 heterocycles. The number of aromatic hydroxyl groups is 1. The molecule has 0 amide bonds. The van der Waals surface area contributed by atoms with Gasteiger partial charge < -0.3 is 10.4 Å². The number of phenols is 1. The predicted octanol–water partition coefficient (Wildman–Crippen LogP) is 8.85. The van der Waals surface area contributed by atoms with Gasteiger partial charge in [0.2, 0.25) is 0 Å². The maximum atomic E-state index is 9.43. The van der Waals surface area contributed by atoms with E-state index in [2.05, 4.69) is 12.2 Å². The van der Waals surface area contributed by atoms with Gasteiger partial charge >= 0.3 is 0 Å². The number of benzene rings is 1. The van der Waals surface area contributed by atoms with Crippen LogP contribution in [0.4, 0.5) is 5.69 Å². The molecule has 0 aliphatic heterocycles. The van der Waals surface area contributed by atoms with Crippen molar-refractivity contribution in [2.24, 2.45) is 0 Å². The topological polar surface area (TPSA) is 32.3 Å². The summed E-state index contributed by atoms with van der Waals surface area (Å²) in [4.78, 5) is 0. The van der Waals surface area contributed by atoms with Crippen LogP contribution in [0.5, 0.6) is 5.75 Å². The first-order chi connectivity index (χ1) is 13.8. The van der Waals surface area contributed by atoms with Gasteiger partial charge in [0, 0.05) is 18.3 Å². The summed E-state index contributed by atoms with van der Waals surface area (Å²) in [5.74, 6) is 0.336. The Morgan fingerprint density at radius 2 is 1.04 bits per heavy atom. The summed E-state index contributed by atoms with van der Waals surface area (Å²) >= 11 is 0. The maximum Gasteiger partial charge on any atom is 0.117 e. The summed E-state index contributed by atoms with van der Waals surface area (Å²) in [6.45, 7) is 3.29. The quantitative estimate of drug-likeness (QED) is 0.218. The summed E-state index contributed by atoms with van der Waals surface area (Å²) in [6, 6.07) is 7.39. The summed E-state index contributed by atoms with van der Waals surface area (Å²) in [6.07, 6.45) is 25.5. The lowest BCUT2D eigenvalue weighted by Gasteiger charge is -2.06. The molecule has 0 radical (unpaired) electrons. The Hall–Kier alpha value is -1.18. The Bertz CT molecular complexity index is 446. The number of anilines is 1. The molecule has 0 atom stereocenters. The lowest BCUT2D eigenvalue weighted by molar-refractivity contribution is 0.475. The lowest BCUT2D eigenvalue weighted by atomic mass is 10.0. The van der Waals surface area contributed by atoms with Crippen molar-refractivity contribution in [3.8, 4) is 5.75 Å². The Kier molecular flexibility index (Phi) is 17.0. The number of nitrogens with one attached hydrogen (secondary N) is 1. The van der Waals surface area contributed by atoms with Crippen molar-refractivity contribution < 1.29 is 5.11 Å². The lowest BCUT2D eigenvalue weighted by Crippen LogP contribution is -2.00. The van der Waals surface area contributed by atoms with Crippen LogP contribution in [0.2, 0.25) is 0 Å². The van der Waals surface area contributed by atoms with Gasteiger partial charge in [-0.2, -0.15) is 0 Å². The monoisotopic (exact) mass is 389 g/mol. The third kappa shape index (κ3) is 15.8. The van der Waals surface area contributed by atoms with E-state index < -0.39 is 0 Å². The fourth-order valence-corrected chi connectivity index (χ4v) is 3.88. The molecular weight excluding hydrogens is 342 g/mol. The number of hydrogen-bond donors (Lipinski definition) is 2. The van der Waals surface area contributed by atoms with E-state index in [-0.39, 0.29) is 0 Å². The molecule has 2 N–H and O–H groups in total. The largest absolute Gasteiger partial charge is 0.508 e. The highest BCUT2D eigenvalue weighted by Gasteiger charge is 1.96. The Morgan fingerprint density at radius 1 is 0.607 bits per heavy atom. The van der Waals surface area contributed by atoms with Crippen LogP contribution >= 0.6 is 0 Å². The number of phenolic OH excluding ortho intramolecular Hbond substituents is 1. The van der Waals surface area contributed by atoms with Crippen LogP contribution in [-0.2, 0) is 0 Å². The van der Waals surface area contributed by atoms with Gasteiger partial charge in [0.25, 0.3) is 0 Å². The van der Waals surface area contributed by atoms with Crippen molar-refractivity contribution in [1.82, 2.24) is 0 Å². The summed E-state index contributed by atoms with van der Waals surface area (Å²) < 4.78 is 0. The third-order valence-corrected chi connectivity index (χ3v) is 5.71. The molecule has 0 aliphatic rings. The van der Waals surface area contributed by atoms with Crippen LogP contribution < -0.4 is 5.32 Å². The minimum atomic E-state index is 0.336. The number of rotatable bonds is 20. The average Bonchev–Trinajstić information content (AvgIpc) is 2.70. The van der Waals surface area contributed by atoms with E-state index in [4.69, 9.17) is 0 Å². The second-order valence-electron chi connectivity index (χ2n) is 8.49. The van der Waals surface area contributed by atoms with Crippen molar-refractivity contribution in [2.45, 2.75) is 122 Å². The maximum absolute atomic E-state index is 9.43. The molecule has 1 aromatic rings. The van der Waals surface area contributed by atoms with Crippen molar-refractivity contribution in [1.29, 1.82) is 0 Å². The van der Waals surface area contributed by atoms with Crippen LogP contribution in [0.15, 0.2) is 24.3 Å². The first-order valence-electron chi connectivity index (χ1n) is 12.4.